The molecule has 35 heavy (non-hydrogen) atoms. The summed E-state index contributed by atoms with van der Waals surface area (Å²) in [6.07, 6.45) is 0.604. The average molecular weight is 530 g/mol. The van der Waals surface area contributed by atoms with Gasteiger partial charge in [0.1, 0.15) is 0 Å². The molecule has 3 aromatic rings. The molecule has 1 fully saturated rings. The summed E-state index contributed by atoms with van der Waals surface area (Å²) < 4.78 is 28.3. The Morgan fingerprint density at radius 1 is 0.886 bits per heavy atom. The average Bonchev–Trinajstić information content (AvgIpc) is 3.29. The van der Waals surface area contributed by atoms with E-state index in [1.54, 1.807) is 35.2 Å². The highest BCUT2D eigenvalue weighted by molar-refractivity contribution is 7.89. The fourth-order valence-electron chi connectivity index (χ4n) is 4.64. The van der Waals surface area contributed by atoms with Crippen molar-refractivity contribution in [3.8, 4) is 0 Å². The number of rotatable bonds is 4. The lowest BCUT2D eigenvalue weighted by atomic mass is 10.1. The molecule has 3 aromatic carbocycles. The molecular weight excluding hydrogens is 505 g/mol. The summed E-state index contributed by atoms with van der Waals surface area (Å²) in [5.41, 5.74) is 4.02. The topological polar surface area (TPSA) is 60.9 Å². The van der Waals surface area contributed by atoms with Crippen molar-refractivity contribution in [3.05, 3.63) is 87.4 Å². The molecule has 0 aliphatic carbocycles. The fraction of sp³-hybridized carbons (Fsp3) is 0.269. The number of carbonyl (C=O) groups excluding carboxylic acids is 1. The van der Waals surface area contributed by atoms with E-state index in [2.05, 4.69) is 4.90 Å². The zero-order valence-electron chi connectivity index (χ0n) is 19.2. The zero-order chi connectivity index (χ0) is 24.7. The van der Waals surface area contributed by atoms with Crippen LogP contribution in [0, 0.1) is 6.92 Å². The monoisotopic (exact) mass is 529 g/mol. The van der Waals surface area contributed by atoms with Gasteiger partial charge in [-0.1, -0.05) is 35.3 Å². The minimum absolute atomic E-state index is 0.140. The fourth-order valence-corrected chi connectivity index (χ4v) is 6.48. The number of aryl methyl sites for hydroxylation is 1. The molecule has 9 heteroatoms. The first-order valence-electron chi connectivity index (χ1n) is 11.5. The number of hydrogen-bond donors (Lipinski definition) is 0. The van der Waals surface area contributed by atoms with Crippen LogP contribution in [0.25, 0.3) is 0 Å². The van der Waals surface area contributed by atoms with Gasteiger partial charge in [-0.3, -0.25) is 4.79 Å². The lowest BCUT2D eigenvalue weighted by Crippen LogP contribution is -2.48. The molecule has 182 valence electrons. The molecule has 0 N–H and O–H groups in total. The molecule has 5 rings (SSSR count). The molecule has 0 spiro atoms. The van der Waals surface area contributed by atoms with Gasteiger partial charge in [-0.05, 0) is 73.0 Å². The highest BCUT2D eigenvalue weighted by Gasteiger charge is 2.32. The van der Waals surface area contributed by atoms with Crippen LogP contribution in [0.3, 0.4) is 0 Å². The van der Waals surface area contributed by atoms with Crippen molar-refractivity contribution in [1.82, 2.24) is 4.31 Å². The Kier molecular flexibility index (Phi) is 6.53. The minimum Gasteiger partial charge on any atom is -0.369 e. The summed E-state index contributed by atoms with van der Waals surface area (Å²) in [5.74, 6) is -0.140. The largest absolute Gasteiger partial charge is 0.369 e. The standard InChI is InChI=1S/C26H25Cl2N3O3S/c1-18-5-6-20(16-24(18)28)26(32)31-10-9-19-15-23(7-8-25(19)31)35(33,34)30-13-11-29(12-14-30)22-4-2-3-21(27)17-22/h2-8,15-17H,9-14H2,1H3. The summed E-state index contributed by atoms with van der Waals surface area (Å²) in [5, 5.41) is 1.21. The second kappa shape index (κ2) is 9.47. The highest BCUT2D eigenvalue weighted by atomic mass is 35.5. The van der Waals surface area contributed by atoms with Crippen LogP contribution in [0.15, 0.2) is 65.6 Å². The Morgan fingerprint density at radius 3 is 2.37 bits per heavy atom. The minimum atomic E-state index is -3.64. The third-order valence-electron chi connectivity index (χ3n) is 6.66. The number of anilines is 2. The van der Waals surface area contributed by atoms with Crippen molar-refractivity contribution in [3.63, 3.8) is 0 Å². The first-order valence-corrected chi connectivity index (χ1v) is 13.7. The molecule has 1 saturated heterocycles. The Balaban J connectivity index is 1.32. The van der Waals surface area contributed by atoms with E-state index in [9.17, 15) is 13.2 Å². The lowest BCUT2D eigenvalue weighted by molar-refractivity contribution is 0.0989. The van der Waals surface area contributed by atoms with Gasteiger partial charge in [-0.15, -0.1) is 0 Å². The van der Waals surface area contributed by atoms with E-state index >= 15 is 0 Å². The summed E-state index contributed by atoms with van der Waals surface area (Å²) in [6, 6.07) is 17.9. The van der Waals surface area contributed by atoms with Crippen LogP contribution in [-0.2, 0) is 16.4 Å². The molecule has 2 heterocycles. The van der Waals surface area contributed by atoms with Gasteiger partial charge in [0.15, 0.2) is 0 Å². The second-order valence-corrected chi connectivity index (χ2v) is 11.6. The van der Waals surface area contributed by atoms with Crippen LogP contribution < -0.4 is 9.80 Å². The van der Waals surface area contributed by atoms with Crippen LogP contribution >= 0.6 is 23.2 Å². The van der Waals surface area contributed by atoms with Gasteiger partial charge in [0.05, 0.1) is 4.90 Å². The molecule has 0 radical (unpaired) electrons. The number of piperazine rings is 1. The van der Waals surface area contributed by atoms with Gasteiger partial charge in [0.25, 0.3) is 5.91 Å². The third-order valence-corrected chi connectivity index (χ3v) is 9.20. The highest BCUT2D eigenvalue weighted by Crippen LogP contribution is 2.33. The predicted molar refractivity (Wildman–Crippen MR) is 140 cm³/mol. The Hall–Kier alpha value is -2.58. The number of benzene rings is 3. The Morgan fingerprint density at radius 2 is 1.66 bits per heavy atom. The van der Waals surface area contributed by atoms with Gasteiger partial charge in [0.2, 0.25) is 10.0 Å². The van der Waals surface area contributed by atoms with E-state index in [-0.39, 0.29) is 10.8 Å². The van der Waals surface area contributed by atoms with Crippen LogP contribution in [-0.4, -0.2) is 51.4 Å². The molecule has 0 saturated carbocycles. The van der Waals surface area contributed by atoms with Crippen molar-refractivity contribution in [2.45, 2.75) is 18.2 Å². The quantitative estimate of drug-likeness (QED) is 0.476. The molecule has 6 nitrogen and oxygen atoms in total. The van der Waals surface area contributed by atoms with Crippen LogP contribution in [0.5, 0.6) is 0 Å². The summed E-state index contributed by atoms with van der Waals surface area (Å²) >= 11 is 12.3. The number of nitrogens with zero attached hydrogens (tertiary/aromatic N) is 3. The number of hydrogen-bond acceptors (Lipinski definition) is 4. The molecule has 0 bridgehead atoms. The van der Waals surface area contributed by atoms with E-state index in [4.69, 9.17) is 23.2 Å². The maximum Gasteiger partial charge on any atom is 0.258 e. The summed E-state index contributed by atoms with van der Waals surface area (Å²) in [7, 11) is -3.64. The second-order valence-electron chi connectivity index (χ2n) is 8.83. The lowest BCUT2D eigenvalue weighted by Gasteiger charge is -2.35. The van der Waals surface area contributed by atoms with Crippen LogP contribution in [0.2, 0.25) is 10.0 Å². The van der Waals surface area contributed by atoms with E-state index in [1.165, 1.54) is 4.31 Å². The van der Waals surface area contributed by atoms with Crippen molar-refractivity contribution in [1.29, 1.82) is 0 Å². The van der Waals surface area contributed by atoms with Crippen molar-refractivity contribution >= 4 is 50.5 Å². The molecule has 0 unspecified atom stereocenters. The van der Waals surface area contributed by atoms with Crippen LogP contribution in [0.4, 0.5) is 11.4 Å². The number of sulfonamides is 1. The Labute approximate surface area is 215 Å². The molecular formula is C26H25Cl2N3O3S. The maximum atomic E-state index is 13.4. The van der Waals surface area contributed by atoms with Gasteiger partial charge < -0.3 is 9.80 Å². The number of amides is 1. The molecule has 2 aliphatic heterocycles. The zero-order valence-corrected chi connectivity index (χ0v) is 21.6. The van der Waals surface area contributed by atoms with E-state index in [1.807, 2.05) is 37.3 Å². The van der Waals surface area contributed by atoms with E-state index in [0.717, 1.165) is 22.5 Å². The van der Waals surface area contributed by atoms with Gasteiger partial charge in [-0.25, -0.2) is 8.42 Å². The molecule has 0 atom stereocenters. The SMILES string of the molecule is Cc1ccc(C(=O)N2CCc3cc(S(=O)(=O)N4CCN(c5cccc(Cl)c5)CC4)ccc32)cc1Cl. The van der Waals surface area contributed by atoms with E-state index < -0.39 is 10.0 Å². The Bertz CT molecular complexity index is 1400. The maximum absolute atomic E-state index is 13.4. The van der Waals surface area contributed by atoms with Crippen molar-refractivity contribution in [2.24, 2.45) is 0 Å². The predicted octanol–water partition coefficient (Wildman–Crippen LogP) is 5.02. The first kappa shape index (κ1) is 24.1. The van der Waals surface area contributed by atoms with Crippen molar-refractivity contribution < 1.29 is 13.2 Å². The van der Waals surface area contributed by atoms with E-state index in [0.29, 0.717) is 54.8 Å². The normalized spacial score (nSPS) is 16.4. The third kappa shape index (κ3) is 4.66. The number of halogens is 2. The number of carbonyl (C=O) groups is 1. The first-order chi connectivity index (χ1) is 16.7. The van der Waals surface area contributed by atoms with Gasteiger partial charge in [-0.2, -0.15) is 4.31 Å². The summed E-state index contributed by atoms with van der Waals surface area (Å²) in [4.78, 5) is 17.2. The molecule has 0 aromatic heterocycles. The van der Waals surface area contributed by atoms with Gasteiger partial charge in [0, 0.05) is 59.7 Å². The molecule has 1 amide bonds. The van der Waals surface area contributed by atoms with Crippen LogP contribution in [0.1, 0.15) is 21.5 Å². The smallest absolute Gasteiger partial charge is 0.258 e. The van der Waals surface area contributed by atoms with Crippen molar-refractivity contribution in [2.75, 3.05) is 42.5 Å². The molecule has 2 aliphatic rings. The van der Waals surface area contributed by atoms with Gasteiger partial charge >= 0.3 is 0 Å². The summed E-state index contributed by atoms with van der Waals surface area (Å²) in [6.45, 7) is 4.36. The number of fused-ring (bicyclic) bond motifs is 1.